The molecule has 0 amide bonds. The van der Waals surface area contributed by atoms with Crippen molar-refractivity contribution in [3.05, 3.63) is 109 Å². The second-order valence-corrected chi connectivity index (χ2v) is 11.6. The minimum absolute atomic E-state index is 0.00218. The number of para-hydroxylation sites is 1. The van der Waals surface area contributed by atoms with Crippen LogP contribution in [0.25, 0.3) is 64.2 Å². The number of thiophene rings is 1. The molecule has 0 saturated carbocycles. The molecule has 0 aliphatic heterocycles. The molecule has 2 heteroatoms. The van der Waals surface area contributed by atoms with Crippen molar-refractivity contribution in [3.63, 3.8) is 0 Å². The fraction of sp³-hybridized carbons (Fsp3) is 0.118. The zero-order valence-corrected chi connectivity index (χ0v) is 21.6. The Bertz CT molecular complexity index is 1910. The molecule has 0 unspecified atom stereocenters. The lowest BCUT2D eigenvalue weighted by atomic mass is 9.99. The third-order valence-electron chi connectivity index (χ3n) is 7.26. The van der Waals surface area contributed by atoms with Crippen molar-refractivity contribution in [2.75, 3.05) is 0 Å². The Balaban J connectivity index is 1.50. The zero-order chi connectivity index (χ0) is 24.4. The van der Waals surface area contributed by atoms with Gasteiger partial charge in [-0.1, -0.05) is 91.0 Å². The van der Waals surface area contributed by atoms with Crippen LogP contribution in [0.5, 0.6) is 0 Å². The molecule has 2 aromatic heterocycles. The molecule has 0 aliphatic carbocycles. The van der Waals surface area contributed by atoms with E-state index in [9.17, 15) is 0 Å². The number of nitrogens with zero attached hydrogens (tertiary/aromatic N) is 1. The molecule has 0 fully saturated rings. The van der Waals surface area contributed by atoms with Crippen LogP contribution >= 0.6 is 11.3 Å². The Kier molecular flexibility index (Phi) is 4.64. The molecule has 0 saturated heterocycles. The molecule has 174 valence electrons. The van der Waals surface area contributed by atoms with Gasteiger partial charge in [-0.15, -0.1) is 11.3 Å². The summed E-state index contributed by atoms with van der Waals surface area (Å²) >= 11 is 1.92. The van der Waals surface area contributed by atoms with Crippen molar-refractivity contribution in [2.45, 2.75) is 26.3 Å². The predicted octanol–water partition coefficient (Wildman–Crippen LogP) is 10.3. The van der Waals surface area contributed by atoms with Crippen molar-refractivity contribution < 1.29 is 0 Å². The smallest absolute Gasteiger partial charge is 0.0496 e. The number of rotatable bonds is 2. The minimum Gasteiger partial charge on any atom is -0.335 e. The molecule has 7 aromatic rings. The van der Waals surface area contributed by atoms with Gasteiger partial charge >= 0.3 is 0 Å². The van der Waals surface area contributed by atoms with E-state index in [1.165, 1.54) is 64.2 Å². The Hall–Kier alpha value is -3.88. The van der Waals surface area contributed by atoms with Gasteiger partial charge in [-0.2, -0.15) is 0 Å². The molecular formula is C34H27NS. The van der Waals surface area contributed by atoms with Gasteiger partial charge in [0.25, 0.3) is 0 Å². The van der Waals surface area contributed by atoms with Gasteiger partial charge in [-0.05, 0) is 61.2 Å². The summed E-state index contributed by atoms with van der Waals surface area (Å²) < 4.78 is 5.19. The number of benzene rings is 5. The van der Waals surface area contributed by atoms with Gasteiger partial charge in [0.2, 0.25) is 0 Å². The highest BCUT2D eigenvalue weighted by Crippen LogP contribution is 2.44. The number of hydrogen-bond acceptors (Lipinski definition) is 1. The lowest BCUT2D eigenvalue weighted by Gasteiger charge is -2.24. The summed E-state index contributed by atoms with van der Waals surface area (Å²) in [4.78, 5) is 0. The van der Waals surface area contributed by atoms with Gasteiger partial charge in [0.1, 0.15) is 0 Å². The third kappa shape index (κ3) is 3.14. The molecule has 36 heavy (non-hydrogen) atoms. The standard InChI is InChI=1S/C34H27NS/c1-34(2,3)35-30-18-8-7-13-26(30)29-21-23(19-20-31(29)35)25-15-10-17-28-27-16-9-14-24(32(27)36-33(25)28)22-11-5-4-6-12-22/h4-21H,1-3H3. The second-order valence-electron chi connectivity index (χ2n) is 10.6. The number of hydrogen-bond donors (Lipinski definition) is 0. The summed E-state index contributed by atoms with van der Waals surface area (Å²) in [7, 11) is 0. The maximum absolute atomic E-state index is 2.48. The Morgan fingerprint density at radius 1 is 0.500 bits per heavy atom. The monoisotopic (exact) mass is 481 g/mol. The zero-order valence-electron chi connectivity index (χ0n) is 20.7. The van der Waals surface area contributed by atoms with Crippen LogP contribution in [0.3, 0.4) is 0 Å². The lowest BCUT2D eigenvalue weighted by Crippen LogP contribution is -2.21. The molecule has 1 nitrogen and oxygen atoms in total. The molecule has 0 aliphatic rings. The van der Waals surface area contributed by atoms with Crippen LogP contribution in [0.4, 0.5) is 0 Å². The van der Waals surface area contributed by atoms with E-state index in [4.69, 9.17) is 0 Å². The molecule has 0 spiro atoms. The van der Waals surface area contributed by atoms with E-state index in [0.717, 1.165) is 0 Å². The van der Waals surface area contributed by atoms with E-state index in [1.807, 2.05) is 11.3 Å². The Morgan fingerprint density at radius 2 is 1.08 bits per heavy atom. The Labute approximate surface area is 215 Å². The van der Waals surface area contributed by atoms with Crippen LogP contribution in [0, 0.1) is 0 Å². The van der Waals surface area contributed by atoms with Gasteiger partial charge in [0.15, 0.2) is 0 Å². The maximum Gasteiger partial charge on any atom is 0.0496 e. The summed E-state index contributed by atoms with van der Waals surface area (Å²) in [6.07, 6.45) is 0. The number of fused-ring (bicyclic) bond motifs is 6. The second kappa shape index (κ2) is 7.81. The first kappa shape index (κ1) is 21.4. The first-order valence-electron chi connectivity index (χ1n) is 12.5. The van der Waals surface area contributed by atoms with Crippen LogP contribution in [0.2, 0.25) is 0 Å². The van der Waals surface area contributed by atoms with E-state index >= 15 is 0 Å². The van der Waals surface area contributed by atoms with Crippen molar-refractivity contribution in [1.82, 2.24) is 4.57 Å². The first-order valence-corrected chi connectivity index (χ1v) is 13.4. The molecule has 0 radical (unpaired) electrons. The van der Waals surface area contributed by atoms with Crippen molar-refractivity contribution in [2.24, 2.45) is 0 Å². The van der Waals surface area contributed by atoms with Gasteiger partial charge in [0, 0.05) is 47.5 Å². The summed E-state index contributed by atoms with van der Waals surface area (Å²) in [6.45, 7) is 6.86. The highest BCUT2D eigenvalue weighted by atomic mass is 32.1. The van der Waals surface area contributed by atoms with Crippen LogP contribution in [-0.4, -0.2) is 4.57 Å². The van der Waals surface area contributed by atoms with E-state index < -0.39 is 0 Å². The van der Waals surface area contributed by atoms with E-state index in [2.05, 4.69) is 135 Å². The predicted molar refractivity (Wildman–Crippen MR) is 158 cm³/mol. The molecule has 0 N–H and O–H groups in total. The first-order chi connectivity index (χ1) is 17.5. The van der Waals surface area contributed by atoms with Crippen LogP contribution in [-0.2, 0) is 5.54 Å². The molecule has 0 atom stereocenters. The van der Waals surface area contributed by atoms with Crippen LogP contribution in [0.15, 0.2) is 109 Å². The van der Waals surface area contributed by atoms with Gasteiger partial charge in [-0.3, -0.25) is 0 Å². The van der Waals surface area contributed by atoms with Gasteiger partial charge in [0.05, 0.1) is 0 Å². The molecular weight excluding hydrogens is 454 g/mol. The topological polar surface area (TPSA) is 4.93 Å². The van der Waals surface area contributed by atoms with E-state index in [1.54, 1.807) is 0 Å². The normalized spacial score (nSPS) is 12.3. The lowest BCUT2D eigenvalue weighted by molar-refractivity contribution is 0.423. The van der Waals surface area contributed by atoms with Crippen molar-refractivity contribution >= 4 is 53.3 Å². The third-order valence-corrected chi connectivity index (χ3v) is 8.55. The molecule has 7 rings (SSSR count). The van der Waals surface area contributed by atoms with Gasteiger partial charge in [-0.25, -0.2) is 0 Å². The van der Waals surface area contributed by atoms with Gasteiger partial charge < -0.3 is 4.57 Å². The SMILES string of the molecule is CC(C)(C)n1c2ccccc2c2cc(-c3cccc4c3sc3c(-c5ccccc5)cccc34)ccc21. The summed E-state index contributed by atoms with van der Waals surface area (Å²) in [6, 6.07) is 40.0. The molecule has 2 heterocycles. The van der Waals surface area contributed by atoms with E-state index in [-0.39, 0.29) is 5.54 Å². The molecule has 0 bridgehead atoms. The highest BCUT2D eigenvalue weighted by molar-refractivity contribution is 7.26. The van der Waals surface area contributed by atoms with Crippen LogP contribution in [0.1, 0.15) is 20.8 Å². The summed E-state index contributed by atoms with van der Waals surface area (Å²) in [5, 5.41) is 5.31. The largest absolute Gasteiger partial charge is 0.335 e. The quantitative estimate of drug-likeness (QED) is 0.231. The minimum atomic E-state index is 0.00218. The fourth-order valence-electron chi connectivity index (χ4n) is 5.76. The number of aromatic nitrogens is 1. The average Bonchev–Trinajstić information content (AvgIpc) is 3.44. The maximum atomic E-state index is 2.48. The molecule has 5 aromatic carbocycles. The average molecular weight is 482 g/mol. The summed E-state index contributed by atoms with van der Waals surface area (Å²) in [5.41, 5.74) is 7.76. The fourth-order valence-corrected chi connectivity index (χ4v) is 7.13. The van der Waals surface area contributed by atoms with Crippen molar-refractivity contribution in [3.8, 4) is 22.3 Å². The highest BCUT2D eigenvalue weighted by Gasteiger charge is 2.21. The van der Waals surface area contributed by atoms with Crippen LogP contribution < -0.4 is 0 Å². The summed E-state index contributed by atoms with van der Waals surface area (Å²) in [5.74, 6) is 0. The Morgan fingerprint density at radius 3 is 1.78 bits per heavy atom. The van der Waals surface area contributed by atoms with Crippen molar-refractivity contribution in [1.29, 1.82) is 0 Å². The van der Waals surface area contributed by atoms with E-state index in [0.29, 0.717) is 0 Å².